The Morgan fingerprint density at radius 3 is 2.53 bits per heavy atom. The van der Waals surface area contributed by atoms with Crippen LogP contribution in [0, 0.1) is 0 Å². The van der Waals surface area contributed by atoms with Crippen molar-refractivity contribution in [2.45, 2.75) is 44.9 Å². The molecule has 3 rings (SSSR count). The summed E-state index contributed by atoms with van der Waals surface area (Å²) in [6.07, 6.45) is 6.38. The first kappa shape index (κ1) is 12.2. The molecule has 2 aliphatic rings. The number of rotatable bonds is 1. The van der Waals surface area contributed by atoms with Crippen molar-refractivity contribution in [2.75, 3.05) is 6.61 Å². The first-order valence-electron chi connectivity index (χ1n) is 6.36. The molecule has 92 valence electrons. The summed E-state index contributed by atoms with van der Waals surface area (Å²) in [4.78, 5) is 10.7. The first-order chi connectivity index (χ1) is 8.13. The molecule has 0 amide bonds. The third-order valence-corrected chi connectivity index (χ3v) is 3.21. The summed E-state index contributed by atoms with van der Waals surface area (Å²) in [5.41, 5.74) is 1.99. The van der Waals surface area contributed by atoms with Crippen LogP contribution in [0.5, 0.6) is 5.75 Å². The van der Waals surface area contributed by atoms with Gasteiger partial charge in [-0.05, 0) is 30.0 Å². The maximum absolute atomic E-state index is 10.7. The molecule has 2 nitrogen and oxygen atoms in total. The number of fused-ring (bicyclic) bond motifs is 1. The van der Waals surface area contributed by atoms with E-state index in [1.807, 2.05) is 12.1 Å². The molecule has 0 atom stereocenters. The summed E-state index contributed by atoms with van der Waals surface area (Å²) < 4.78 is 5.54. The molecule has 1 aromatic rings. The predicted octanol–water partition coefficient (Wildman–Crippen LogP) is 3.73. The fraction of sp³-hybridized carbons (Fsp3) is 0.533. The lowest BCUT2D eigenvalue weighted by molar-refractivity contribution is 0.112. The summed E-state index contributed by atoms with van der Waals surface area (Å²) in [5, 5.41) is 0. The van der Waals surface area contributed by atoms with Crippen molar-refractivity contribution in [3.05, 3.63) is 29.3 Å². The van der Waals surface area contributed by atoms with Crippen LogP contribution in [0.2, 0.25) is 0 Å². The summed E-state index contributed by atoms with van der Waals surface area (Å²) in [6.45, 7) is 5.13. The normalized spacial score (nSPS) is 19.2. The second-order valence-electron chi connectivity index (χ2n) is 5.42. The van der Waals surface area contributed by atoms with E-state index in [2.05, 4.69) is 13.8 Å². The molecular weight excluding hydrogens is 212 g/mol. The van der Waals surface area contributed by atoms with Crippen LogP contribution in [0.15, 0.2) is 18.2 Å². The van der Waals surface area contributed by atoms with E-state index in [0.29, 0.717) is 0 Å². The molecular formula is C15H20O2. The van der Waals surface area contributed by atoms with Gasteiger partial charge >= 0.3 is 0 Å². The van der Waals surface area contributed by atoms with Crippen molar-refractivity contribution in [2.24, 2.45) is 0 Å². The summed E-state index contributed by atoms with van der Waals surface area (Å²) >= 11 is 0. The molecule has 0 saturated heterocycles. The molecule has 0 aromatic heterocycles. The van der Waals surface area contributed by atoms with Gasteiger partial charge in [-0.1, -0.05) is 33.1 Å². The topological polar surface area (TPSA) is 26.3 Å². The lowest BCUT2D eigenvalue weighted by Gasteiger charge is -2.32. The minimum Gasteiger partial charge on any atom is -0.493 e. The fourth-order valence-corrected chi connectivity index (χ4v) is 1.83. The second kappa shape index (κ2) is 4.91. The van der Waals surface area contributed by atoms with Crippen LogP contribution in [0.3, 0.4) is 0 Å². The number of hydrogen-bond acceptors (Lipinski definition) is 2. The van der Waals surface area contributed by atoms with Gasteiger partial charge in [0.05, 0.1) is 6.61 Å². The molecule has 1 saturated carbocycles. The molecule has 0 bridgehead atoms. The molecule has 0 N–H and O–H groups in total. The van der Waals surface area contributed by atoms with Crippen LogP contribution in [0.1, 0.15) is 55.5 Å². The van der Waals surface area contributed by atoms with Crippen LogP contribution in [-0.2, 0) is 5.41 Å². The van der Waals surface area contributed by atoms with Crippen LogP contribution < -0.4 is 4.74 Å². The SMILES string of the molecule is C1CC1.CC1(C)CCOc2ccc(C=O)cc21. The van der Waals surface area contributed by atoms with Gasteiger partial charge in [-0.25, -0.2) is 0 Å². The van der Waals surface area contributed by atoms with Crippen molar-refractivity contribution in [3.8, 4) is 5.75 Å². The highest BCUT2D eigenvalue weighted by molar-refractivity contribution is 5.76. The Balaban J connectivity index is 0.000000313. The summed E-state index contributed by atoms with van der Waals surface area (Å²) in [7, 11) is 0. The lowest BCUT2D eigenvalue weighted by Crippen LogP contribution is -2.26. The lowest BCUT2D eigenvalue weighted by atomic mass is 9.79. The Morgan fingerprint density at radius 1 is 1.24 bits per heavy atom. The van der Waals surface area contributed by atoms with Crippen molar-refractivity contribution < 1.29 is 9.53 Å². The van der Waals surface area contributed by atoms with E-state index >= 15 is 0 Å². The molecule has 17 heavy (non-hydrogen) atoms. The van der Waals surface area contributed by atoms with Crippen molar-refractivity contribution in [3.63, 3.8) is 0 Å². The standard InChI is InChI=1S/C12H14O2.C3H6/c1-12(2)5-6-14-11-4-3-9(8-13)7-10(11)12;1-2-3-1/h3-4,7-8H,5-6H2,1-2H3;1-3H2. The van der Waals surface area contributed by atoms with Gasteiger partial charge in [-0.15, -0.1) is 0 Å². The van der Waals surface area contributed by atoms with E-state index in [0.717, 1.165) is 36.2 Å². The van der Waals surface area contributed by atoms with E-state index in [1.165, 1.54) is 19.3 Å². The molecule has 0 radical (unpaired) electrons. The predicted molar refractivity (Wildman–Crippen MR) is 68.8 cm³/mol. The van der Waals surface area contributed by atoms with Gasteiger partial charge in [0.15, 0.2) is 0 Å². The third-order valence-electron chi connectivity index (χ3n) is 3.21. The highest BCUT2D eigenvalue weighted by atomic mass is 16.5. The number of carbonyl (C=O) groups excluding carboxylic acids is 1. The summed E-state index contributed by atoms with van der Waals surface area (Å²) in [5.74, 6) is 0.923. The zero-order valence-corrected chi connectivity index (χ0v) is 10.7. The Bertz CT molecular complexity index is 403. The highest BCUT2D eigenvalue weighted by Crippen LogP contribution is 2.38. The monoisotopic (exact) mass is 232 g/mol. The van der Waals surface area contributed by atoms with Gasteiger partial charge in [-0.3, -0.25) is 4.79 Å². The van der Waals surface area contributed by atoms with Gasteiger partial charge in [0.2, 0.25) is 0 Å². The van der Waals surface area contributed by atoms with Gasteiger partial charge in [0.25, 0.3) is 0 Å². The smallest absolute Gasteiger partial charge is 0.150 e. The van der Waals surface area contributed by atoms with Gasteiger partial charge < -0.3 is 4.74 Å². The Morgan fingerprint density at radius 2 is 1.94 bits per heavy atom. The van der Waals surface area contributed by atoms with Crippen molar-refractivity contribution in [1.82, 2.24) is 0 Å². The van der Waals surface area contributed by atoms with Crippen LogP contribution in [-0.4, -0.2) is 12.9 Å². The van der Waals surface area contributed by atoms with Gasteiger partial charge in [0, 0.05) is 11.1 Å². The van der Waals surface area contributed by atoms with Crippen molar-refractivity contribution >= 4 is 6.29 Å². The van der Waals surface area contributed by atoms with E-state index in [1.54, 1.807) is 6.07 Å². The fourth-order valence-electron chi connectivity index (χ4n) is 1.83. The highest BCUT2D eigenvalue weighted by Gasteiger charge is 2.28. The molecule has 1 aliphatic heterocycles. The Labute approximate surface area is 103 Å². The summed E-state index contributed by atoms with van der Waals surface area (Å²) in [6, 6.07) is 5.62. The number of benzene rings is 1. The third kappa shape index (κ3) is 3.09. The number of ether oxygens (including phenoxy) is 1. The molecule has 0 unspecified atom stereocenters. The average molecular weight is 232 g/mol. The molecule has 1 aliphatic carbocycles. The van der Waals surface area contributed by atoms with Crippen LogP contribution >= 0.6 is 0 Å². The largest absolute Gasteiger partial charge is 0.493 e. The number of carbonyl (C=O) groups is 1. The van der Waals surface area contributed by atoms with Crippen molar-refractivity contribution in [1.29, 1.82) is 0 Å². The number of hydrogen-bond donors (Lipinski definition) is 0. The zero-order valence-electron chi connectivity index (χ0n) is 10.7. The average Bonchev–Trinajstić information content (AvgIpc) is 3.16. The van der Waals surface area contributed by atoms with E-state index < -0.39 is 0 Å². The number of aldehydes is 1. The molecule has 1 fully saturated rings. The van der Waals surface area contributed by atoms with E-state index in [9.17, 15) is 4.79 Å². The second-order valence-corrected chi connectivity index (χ2v) is 5.42. The molecule has 1 heterocycles. The maximum atomic E-state index is 10.7. The quantitative estimate of drug-likeness (QED) is 0.690. The Kier molecular flexibility index (Phi) is 3.51. The van der Waals surface area contributed by atoms with Gasteiger partial charge in [-0.2, -0.15) is 0 Å². The molecule has 0 spiro atoms. The van der Waals surface area contributed by atoms with E-state index in [4.69, 9.17) is 4.74 Å². The zero-order chi connectivity index (χ0) is 12.3. The molecule has 1 aromatic carbocycles. The molecule has 2 heteroatoms. The minimum atomic E-state index is 0.118. The first-order valence-corrected chi connectivity index (χ1v) is 6.36. The van der Waals surface area contributed by atoms with E-state index in [-0.39, 0.29) is 5.41 Å². The Hall–Kier alpha value is -1.31. The van der Waals surface area contributed by atoms with Crippen LogP contribution in [0.25, 0.3) is 0 Å². The van der Waals surface area contributed by atoms with Gasteiger partial charge in [0.1, 0.15) is 12.0 Å². The maximum Gasteiger partial charge on any atom is 0.150 e. The van der Waals surface area contributed by atoms with Crippen LogP contribution in [0.4, 0.5) is 0 Å². The minimum absolute atomic E-state index is 0.118.